The summed E-state index contributed by atoms with van der Waals surface area (Å²) in [6, 6.07) is 16.6. The van der Waals surface area contributed by atoms with Crippen molar-refractivity contribution in [3.63, 3.8) is 0 Å². The summed E-state index contributed by atoms with van der Waals surface area (Å²) < 4.78 is 20.6. The average molecular weight is 708 g/mol. The second kappa shape index (κ2) is 11.0. The van der Waals surface area contributed by atoms with Crippen molar-refractivity contribution in [2.75, 3.05) is 4.90 Å². The van der Waals surface area contributed by atoms with E-state index >= 15 is 0 Å². The van der Waals surface area contributed by atoms with E-state index < -0.39 is 17.8 Å². The molecule has 0 aromatic heterocycles. The van der Waals surface area contributed by atoms with Gasteiger partial charge in [0.25, 0.3) is 11.8 Å². The first-order chi connectivity index (χ1) is 20.7. The minimum absolute atomic E-state index is 0.148. The quantitative estimate of drug-likeness (QED) is 0.208. The van der Waals surface area contributed by atoms with Crippen LogP contribution in [0.1, 0.15) is 55.2 Å². The number of nitrogens with one attached hydrogen (secondary N) is 1. The molecule has 43 heavy (non-hydrogen) atoms. The van der Waals surface area contributed by atoms with Gasteiger partial charge in [-0.2, -0.15) is 0 Å². The van der Waals surface area contributed by atoms with E-state index in [-0.39, 0.29) is 23.4 Å². The molecular formula is C34H29Br2FN2O4. The molecule has 1 aliphatic heterocycles. The van der Waals surface area contributed by atoms with Crippen molar-refractivity contribution in [1.29, 1.82) is 0 Å². The van der Waals surface area contributed by atoms with Crippen LogP contribution in [0, 0.1) is 23.6 Å². The van der Waals surface area contributed by atoms with Gasteiger partial charge in [-0.05, 0) is 153 Å². The van der Waals surface area contributed by atoms with Gasteiger partial charge in [0.2, 0.25) is 0 Å². The number of imide groups is 2. The standard InChI is InChI=1S/C34H29Br2FN2O4/c35-28-13-20(14-29(36)30(28)43-18-19-2-1-3-25(37)11-19)12-27-31(40)38-33(42)39(32(27)41)26-6-4-24(5-7-26)34-15-21-8-22(16-34)10-23(9-21)17-34/h1-7,11-14,21-23H,8-10,15-18H2,(H,38,40,42)/b27-12+. The molecular weight excluding hydrogens is 679 g/mol. The van der Waals surface area contributed by atoms with Gasteiger partial charge in [0.05, 0.1) is 14.6 Å². The zero-order chi connectivity index (χ0) is 29.9. The number of hydrogen-bond donors (Lipinski definition) is 1. The van der Waals surface area contributed by atoms with E-state index in [1.54, 1.807) is 24.3 Å². The maximum Gasteiger partial charge on any atom is 0.335 e. The lowest BCUT2D eigenvalue weighted by atomic mass is 9.48. The average Bonchev–Trinajstić information content (AvgIpc) is 2.94. The Kier molecular flexibility index (Phi) is 7.29. The lowest BCUT2D eigenvalue weighted by Crippen LogP contribution is -2.54. The number of halogens is 3. The molecule has 0 unspecified atom stereocenters. The number of ether oxygens (including phenoxy) is 1. The monoisotopic (exact) mass is 706 g/mol. The molecule has 3 aromatic carbocycles. The lowest BCUT2D eigenvalue weighted by molar-refractivity contribution is -0.122. The van der Waals surface area contributed by atoms with Gasteiger partial charge in [-0.1, -0.05) is 24.3 Å². The number of hydrogen-bond acceptors (Lipinski definition) is 4. The molecule has 5 aliphatic rings. The SMILES string of the molecule is O=C1NC(=O)N(c2ccc(C34CC5CC(CC(C5)C3)C4)cc2)C(=O)/C1=C/c1cc(Br)c(OCc2cccc(F)c2)c(Br)c1. The molecule has 0 spiro atoms. The van der Waals surface area contributed by atoms with E-state index in [0.29, 0.717) is 31.5 Å². The fourth-order valence-corrected chi connectivity index (χ4v) is 9.52. The molecule has 1 N–H and O–H groups in total. The fraction of sp³-hybridized carbons (Fsp3) is 0.324. The molecule has 5 fully saturated rings. The maximum atomic E-state index is 13.6. The van der Waals surface area contributed by atoms with Gasteiger partial charge in [0.15, 0.2) is 0 Å². The zero-order valence-corrected chi connectivity index (χ0v) is 26.4. The number of amides is 4. The van der Waals surface area contributed by atoms with Crippen molar-refractivity contribution in [1.82, 2.24) is 5.32 Å². The minimum Gasteiger partial charge on any atom is -0.487 e. The molecule has 4 amide bonds. The number of anilines is 1. The first-order valence-electron chi connectivity index (χ1n) is 14.6. The van der Waals surface area contributed by atoms with Crippen LogP contribution in [0.5, 0.6) is 5.75 Å². The summed E-state index contributed by atoms with van der Waals surface area (Å²) in [6.07, 6.45) is 9.21. The van der Waals surface area contributed by atoms with E-state index in [1.807, 2.05) is 12.1 Å². The van der Waals surface area contributed by atoms with Crippen molar-refractivity contribution >= 4 is 61.5 Å². The third kappa shape index (κ3) is 5.35. The second-order valence-electron chi connectivity index (χ2n) is 12.4. The van der Waals surface area contributed by atoms with Crippen LogP contribution in [0.15, 0.2) is 75.2 Å². The first kappa shape index (κ1) is 28.5. The summed E-state index contributed by atoms with van der Waals surface area (Å²) in [5.41, 5.74) is 2.99. The highest BCUT2D eigenvalue weighted by atomic mass is 79.9. The van der Waals surface area contributed by atoms with Crippen LogP contribution in [-0.4, -0.2) is 17.8 Å². The lowest BCUT2D eigenvalue weighted by Gasteiger charge is -2.57. The molecule has 1 heterocycles. The molecule has 4 aliphatic carbocycles. The third-order valence-electron chi connectivity index (χ3n) is 9.48. The van der Waals surface area contributed by atoms with Crippen LogP contribution >= 0.6 is 31.9 Å². The van der Waals surface area contributed by atoms with E-state index in [4.69, 9.17) is 4.74 Å². The predicted molar refractivity (Wildman–Crippen MR) is 168 cm³/mol. The number of carbonyl (C=O) groups excluding carboxylic acids is 3. The van der Waals surface area contributed by atoms with Crippen molar-refractivity contribution < 1.29 is 23.5 Å². The Morgan fingerprint density at radius 3 is 2.14 bits per heavy atom. The fourth-order valence-electron chi connectivity index (χ4n) is 8.07. The summed E-state index contributed by atoms with van der Waals surface area (Å²) >= 11 is 6.99. The van der Waals surface area contributed by atoms with Crippen LogP contribution in [-0.2, 0) is 21.6 Å². The normalized spacial score (nSPS) is 27.1. The van der Waals surface area contributed by atoms with Gasteiger partial charge >= 0.3 is 6.03 Å². The molecule has 4 saturated carbocycles. The van der Waals surface area contributed by atoms with E-state index in [2.05, 4.69) is 49.3 Å². The van der Waals surface area contributed by atoms with Crippen molar-refractivity contribution in [3.8, 4) is 5.75 Å². The summed E-state index contributed by atoms with van der Waals surface area (Å²) in [4.78, 5) is 40.3. The van der Waals surface area contributed by atoms with Crippen LogP contribution < -0.4 is 15.0 Å². The van der Waals surface area contributed by atoms with E-state index in [9.17, 15) is 18.8 Å². The summed E-state index contributed by atoms with van der Waals surface area (Å²) in [7, 11) is 0. The summed E-state index contributed by atoms with van der Waals surface area (Å²) in [5.74, 6) is 1.14. The number of nitrogens with zero attached hydrogens (tertiary/aromatic N) is 1. The third-order valence-corrected chi connectivity index (χ3v) is 10.7. The Morgan fingerprint density at radius 1 is 0.907 bits per heavy atom. The number of urea groups is 1. The van der Waals surface area contributed by atoms with E-state index in [0.717, 1.165) is 22.7 Å². The second-order valence-corrected chi connectivity index (χ2v) is 14.1. The van der Waals surface area contributed by atoms with Gasteiger partial charge < -0.3 is 4.74 Å². The predicted octanol–water partition coefficient (Wildman–Crippen LogP) is 8.06. The smallest absolute Gasteiger partial charge is 0.335 e. The summed E-state index contributed by atoms with van der Waals surface area (Å²) in [6.45, 7) is 0.148. The topological polar surface area (TPSA) is 75.7 Å². The molecule has 9 heteroatoms. The molecule has 6 nitrogen and oxygen atoms in total. The summed E-state index contributed by atoms with van der Waals surface area (Å²) in [5, 5.41) is 2.32. The molecule has 220 valence electrons. The van der Waals surface area contributed by atoms with Gasteiger partial charge in [0.1, 0.15) is 23.7 Å². The van der Waals surface area contributed by atoms with Crippen LogP contribution in [0.25, 0.3) is 6.08 Å². The molecule has 3 aromatic rings. The molecule has 0 radical (unpaired) electrons. The van der Waals surface area contributed by atoms with E-state index in [1.165, 1.54) is 62.3 Å². The van der Waals surface area contributed by atoms with Crippen molar-refractivity contribution in [2.24, 2.45) is 17.8 Å². The molecule has 0 atom stereocenters. The highest BCUT2D eigenvalue weighted by Crippen LogP contribution is 2.60. The molecule has 1 saturated heterocycles. The van der Waals surface area contributed by atoms with Crippen molar-refractivity contribution in [2.45, 2.75) is 50.5 Å². The van der Waals surface area contributed by atoms with Gasteiger partial charge in [-0.25, -0.2) is 14.1 Å². The largest absolute Gasteiger partial charge is 0.487 e. The molecule has 8 rings (SSSR count). The Labute approximate surface area is 265 Å². The van der Waals surface area contributed by atoms with Crippen LogP contribution in [0.3, 0.4) is 0 Å². The maximum absolute atomic E-state index is 13.6. The van der Waals surface area contributed by atoms with Crippen LogP contribution in [0.4, 0.5) is 14.9 Å². The highest BCUT2D eigenvalue weighted by molar-refractivity contribution is 9.11. The Morgan fingerprint density at radius 2 is 1.53 bits per heavy atom. The number of rotatable bonds is 6. The zero-order valence-electron chi connectivity index (χ0n) is 23.2. The highest BCUT2D eigenvalue weighted by Gasteiger charge is 2.51. The Bertz CT molecular complexity index is 1630. The molecule has 4 bridgehead atoms. The van der Waals surface area contributed by atoms with Gasteiger partial charge in [-0.3, -0.25) is 14.9 Å². The van der Waals surface area contributed by atoms with Gasteiger partial charge in [-0.15, -0.1) is 0 Å². The number of carbonyl (C=O) groups is 3. The number of benzene rings is 3. The Balaban J connectivity index is 1.12. The van der Waals surface area contributed by atoms with Gasteiger partial charge in [0, 0.05) is 0 Å². The van der Waals surface area contributed by atoms with Crippen molar-refractivity contribution in [3.05, 3.63) is 97.7 Å². The first-order valence-corrected chi connectivity index (χ1v) is 16.1. The Hall–Kier alpha value is -3.30. The minimum atomic E-state index is -0.766. The van der Waals surface area contributed by atoms with Crippen LogP contribution in [0.2, 0.25) is 0 Å². The number of barbiturate groups is 1.